The minimum Gasteiger partial charge on any atom is -0.350 e. The van der Waals surface area contributed by atoms with Crippen molar-refractivity contribution in [3.8, 4) is 0 Å². The first kappa shape index (κ1) is 11.7. The molecule has 1 aliphatic heterocycles. The number of anilines is 1. The van der Waals surface area contributed by atoms with Crippen molar-refractivity contribution in [2.45, 2.75) is 31.8 Å². The van der Waals surface area contributed by atoms with Gasteiger partial charge >= 0.3 is 0 Å². The van der Waals surface area contributed by atoms with Gasteiger partial charge in [0.05, 0.1) is 5.02 Å². The number of aromatic nitrogens is 3. The standard InChI is InChI=1S/C12H16ClN5/c1-8-6-10(4-5-14-8)15-12-16-11-3-2-9(13)7-18(11)17-12/h2-3,7-8,10,14H,4-6H2,1H3,(H,15,17). The third-order valence-electron chi connectivity index (χ3n) is 3.25. The van der Waals surface area contributed by atoms with E-state index < -0.39 is 0 Å². The summed E-state index contributed by atoms with van der Waals surface area (Å²) in [6.07, 6.45) is 3.96. The summed E-state index contributed by atoms with van der Waals surface area (Å²) >= 11 is 5.92. The highest BCUT2D eigenvalue weighted by atomic mass is 35.5. The second-order valence-corrected chi connectivity index (χ2v) is 5.24. The van der Waals surface area contributed by atoms with Gasteiger partial charge in [-0.1, -0.05) is 11.6 Å². The van der Waals surface area contributed by atoms with E-state index in [4.69, 9.17) is 11.6 Å². The van der Waals surface area contributed by atoms with Crippen LogP contribution in [0.4, 0.5) is 5.95 Å². The average molecular weight is 266 g/mol. The molecule has 2 unspecified atom stereocenters. The summed E-state index contributed by atoms with van der Waals surface area (Å²) in [7, 11) is 0. The zero-order valence-corrected chi connectivity index (χ0v) is 11.0. The zero-order chi connectivity index (χ0) is 12.5. The van der Waals surface area contributed by atoms with Gasteiger partial charge in [-0.05, 0) is 38.4 Å². The van der Waals surface area contributed by atoms with Crippen molar-refractivity contribution in [2.24, 2.45) is 0 Å². The van der Waals surface area contributed by atoms with Crippen molar-refractivity contribution in [3.63, 3.8) is 0 Å². The lowest BCUT2D eigenvalue weighted by Crippen LogP contribution is -2.41. The van der Waals surface area contributed by atoms with Crippen molar-refractivity contribution in [1.29, 1.82) is 0 Å². The highest BCUT2D eigenvalue weighted by molar-refractivity contribution is 6.30. The largest absolute Gasteiger partial charge is 0.350 e. The van der Waals surface area contributed by atoms with E-state index in [-0.39, 0.29) is 0 Å². The number of pyridine rings is 1. The van der Waals surface area contributed by atoms with Crippen LogP contribution in [-0.4, -0.2) is 33.2 Å². The summed E-state index contributed by atoms with van der Waals surface area (Å²) in [6, 6.07) is 4.67. The van der Waals surface area contributed by atoms with E-state index >= 15 is 0 Å². The topological polar surface area (TPSA) is 54.2 Å². The number of piperidine rings is 1. The predicted molar refractivity (Wildman–Crippen MR) is 72.1 cm³/mol. The van der Waals surface area contributed by atoms with Gasteiger partial charge in [0, 0.05) is 18.3 Å². The molecule has 1 saturated heterocycles. The molecule has 3 heterocycles. The summed E-state index contributed by atoms with van der Waals surface area (Å²) in [5.74, 6) is 0.677. The Morgan fingerprint density at radius 1 is 1.50 bits per heavy atom. The normalized spacial score (nSPS) is 24.3. The number of nitrogens with one attached hydrogen (secondary N) is 2. The molecular formula is C12H16ClN5. The van der Waals surface area contributed by atoms with Crippen LogP contribution in [0.1, 0.15) is 19.8 Å². The highest BCUT2D eigenvalue weighted by Gasteiger charge is 2.19. The maximum Gasteiger partial charge on any atom is 0.243 e. The Labute approximate surface area is 111 Å². The first-order chi connectivity index (χ1) is 8.70. The first-order valence-electron chi connectivity index (χ1n) is 6.22. The molecule has 0 aromatic carbocycles. The molecule has 0 bridgehead atoms. The molecule has 0 aliphatic carbocycles. The fourth-order valence-electron chi connectivity index (χ4n) is 2.36. The van der Waals surface area contributed by atoms with Crippen molar-refractivity contribution in [3.05, 3.63) is 23.4 Å². The number of rotatable bonds is 2. The molecule has 0 amide bonds. The van der Waals surface area contributed by atoms with Crippen LogP contribution in [0.2, 0.25) is 5.02 Å². The fraction of sp³-hybridized carbons (Fsp3) is 0.500. The van der Waals surface area contributed by atoms with E-state index in [9.17, 15) is 0 Å². The molecule has 6 heteroatoms. The smallest absolute Gasteiger partial charge is 0.243 e. The Hall–Kier alpha value is -1.33. The molecule has 96 valence electrons. The quantitative estimate of drug-likeness (QED) is 0.871. The average Bonchev–Trinajstić information content (AvgIpc) is 2.70. The lowest BCUT2D eigenvalue weighted by Gasteiger charge is -2.28. The molecule has 0 spiro atoms. The van der Waals surface area contributed by atoms with Gasteiger partial charge in [-0.2, -0.15) is 4.98 Å². The summed E-state index contributed by atoms with van der Waals surface area (Å²) in [6.45, 7) is 3.24. The van der Waals surface area contributed by atoms with E-state index in [1.165, 1.54) is 0 Å². The maximum atomic E-state index is 5.92. The Morgan fingerprint density at radius 2 is 2.39 bits per heavy atom. The summed E-state index contributed by atoms with van der Waals surface area (Å²) in [5, 5.41) is 11.9. The van der Waals surface area contributed by atoms with Crippen LogP contribution in [-0.2, 0) is 0 Å². The van der Waals surface area contributed by atoms with Gasteiger partial charge in [0.2, 0.25) is 5.95 Å². The van der Waals surface area contributed by atoms with Gasteiger partial charge in [-0.15, -0.1) is 5.10 Å². The van der Waals surface area contributed by atoms with Crippen LogP contribution in [0.3, 0.4) is 0 Å². The van der Waals surface area contributed by atoms with Gasteiger partial charge in [0.15, 0.2) is 5.65 Å². The molecular weight excluding hydrogens is 250 g/mol. The molecule has 2 aromatic rings. The van der Waals surface area contributed by atoms with Crippen LogP contribution >= 0.6 is 11.6 Å². The number of fused-ring (bicyclic) bond motifs is 1. The Kier molecular flexibility index (Phi) is 3.09. The van der Waals surface area contributed by atoms with Gasteiger partial charge in [0.25, 0.3) is 0 Å². The minimum atomic E-state index is 0.439. The number of halogens is 1. The number of hydrogen-bond donors (Lipinski definition) is 2. The maximum absolute atomic E-state index is 5.92. The van der Waals surface area contributed by atoms with Gasteiger partial charge in [-0.3, -0.25) is 0 Å². The van der Waals surface area contributed by atoms with Gasteiger partial charge < -0.3 is 10.6 Å². The second kappa shape index (κ2) is 4.74. The summed E-state index contributed by atoms with van der Waals surface area (Å²) < 4.78 is 1.70. The predicted octanol–water partition coefficient (Wildman–Crippen LogP) is 1.94. The third kappa shape index (κ3) is 2.42. The molecule has 1 aliphatic rings. The zero-order valence-electron chi connectivity index (χ0n) is 10.2. The Balaban J connectivity index is 1.78. The van der Waals surface area contributed by atoms with E-state index in [0.717, 1.165) is 25.0 Å². The SMILES string of the molecule is CC1CC(Nc2nc3ccc(Cl)cn3n2)CCN1. The molecule has 18 heavy (non-hydrogen) atoms. The van der Waals surface area contributed by atoms with Crippen LogP contribution in [0, 0.1) is 0 Å². The molecule has 2 aromatic heterocycles. The van der Waals surface area contributed by atoms with Crippen LogP contribution in [0.25, 0.3) is 5.65 Å². The van der Waals surface area contributed by atoms with Crippen molar-refractivity contribution in [1.82, 2.24) is 19.9 Å². The lowest BCUT2D eigenvalue weighted by atomic mass is 10.0. The second-order valence-electron chi connectivity index (χ2n) is 4.81. The summed E-state index contributed by atoms with van der Waals surface area (Å²) in [4.78, 5) is 4.43. The lowest BCUT2D eigenvalue weighted by molar-refractivity contribution is 0.395. The van der Waals surface area contributed by atoms with Crippen LogP contribution in [0.5, 0.6) is 0 Å². The molecule has 2 atom stereocenters. The van der Waals surface area contributed by atoms with E-state index in [1.54, 1.807) is 10.7 Å². The Morgan fingerprint density at radius 3 is 3.22 bits per heavy atom. The Bertz CT molecular complexity index is 552. The third-order valence-corrected chi connectivity index (χ3v) is 3.48. The van der Waals surface area contributed by atoms with Crippen molar-refractivity contribution < 1.29 is 0 Å². The van der Waals surface area contributed by atoms with Crippen LogP contribution < -0.4 is 10.6 Å². The highest BCUT2D eigenvalue weighted by Crippen LogP contribution is 2.15. The van der Waals surface area contributed by atoms with Crippen LogP contribution in [0.15, 0.2) is 18.3 Å². The molecule has 0 radical (unpaired) electrons. The number of nitrogens with zero attached hydrogens (tertiary/aromatic N) is 3. The number of hydrogen-bond acceptors (Lipinski definition) is 4. The molecule has 1 fully saturated rings. The first-order valence-corrected chi connectivity index (χ1v) is 6.60. The summed E-state index contributed by atoms with van der Waals surface area (Å²) in [5.41, 5.74) is 0.809. The molecule has 5 nitrogen and oxygen atoms in total. The van der Waals surface area contributed by atoms with Crippen molar-refractivity contribution in [2.75, 3.05) is 11.9 Å². The van der Waals surface area contributed by atoms with Crippen molar-refractivity contribution >= 4 is 23.2 Å². The van der Waals surface area contributed by atoms with E-state index in [2.05, 4.69) is 27.6 Å². The minimum absolute atomic E-state index is 0.439. The molecule has 0 saturated carbocycles. The monoisotopic (exact) mass is 265 g/mol. The van der Waals surface area contributed by atoms with Gasteiger partial charge in [0.1, 0.15) is 0 Å². The van der Waals surface area contributed by atoms with E-state index in [1.807, 2.05) is 12.1 Å². The van der Waals surface area contributed by atoms with E-state index in [0.29, 0.717) is 23.1 Å². The fourth-order valence-corrected chi connectivity index (χ4v) is 2.52. The molecule has 3 rings (SSSR count). The van der Waals surface area contributed by atoms with Gasteiger partial charge in [-0.25, -0.2) is 4.52 Å². The molecule has 2 N–H and O–H groups in total.